The average Bonchev–Trinajstić information content (AvgIpc) is 2.21. The minimum absolute atomic E-state index is 0.0237. The highest BCUT2D eigenvalue weighted by molar-refractivity contribution is 5.79. The quantitative estimate of drug-likeness (QED) is 0.848. The lowest BCUT2D eigenvalue weighted by molar-refractivity contribution is -0.148. The van der Waals surface area contributed by atoms with Gasteiger partial charge in [0.2, 0.25) is 0 Å². The van der Waals surface area contributed by atoms with E-state index in [-0.39, 0.29) is 12.1 Å². The van der Waals surface area contributed by atoms with Crippen LogP contribution >= 0.6 is 0 Å². The molecule has 0 atom stereocenters. The number of hydrogen-bond acceptors (Lipinski definition) is 2. The molecule has 92 valence electrons. The Morgan fingerprint density at radius 3 is 2.65 bits per heavy atom. The van der Waals surface area contributed by atoms with E-state index < -0.39 is 23.1 Å². The fourth-order valence-corrected chi connectivity index (χ4v) is 1.94. The molecular formula is C12H13F2NO2. The Morgan fingerprint density at radius 1 is 1.41 bits per heavy atom. The SMILES string of the molecule is O=C(O)C1(NCc2cc(F)ccc2F)CCC1. The molecule has 1 saturated carbocycles. The summed E-state index contributed by atoms with van der Waals surface area (Å²) in [5, 5.41) is 11.9. The van der Waals surface area contributed by atoms with Crippen molar-refractivity contribution < 1.29 is 18.7 Å². The van der Waals surface area contributed by atoms with Crippen LogP contribution in [0.1, 0.15) is 24.8 Å². The van der Waals surface area contributed by atoms with Crippen molar-refractivity contribution in [2.75, 3.05) is 0 Å². The second-order valence-electron chi connectivity index (χ2n) is 4.33. The second kappa shape index (κ2) is 4.41. The first-order valence-corrected chi connectivity index (χ1v) is 5.46. The smallest absolute Gasteiger partial charge is 0.323 e. The zero-order chi connectivity index (χ0) is 12.5. The molecule has 0 radical (unpaired) electrons. The normalized spacial score (nSPS) is 17.5. The standard InChI is InChI=1S/C12H13F2NO2/c13-9-2-3-10(14)8(6-9)7-15-12(11(16)17)4-1-5-12/h2-3,6,15H,1,4-5,7H2,(H,16,17). The molecular weight excluding hydrogens is 228 g/mol. The summed E-state index contributed by atoms with van der Waals surface area (Å²) < 4.78 is 26.2. The van der Waals surface area contributed by atoms with Crippen molar-refractivity contribution in [2.24, 2.45) is 0 Å². The van der Waals surface area contributed by atoms with Crippen molar-refractivity contribution in [1.82, 2.24) is 5.32 Å². The number of rotatable bonds is 4. The maximum Gasteiger partial charge on any atom is 0.323 e. The van der Waals surface area contributed by atoms with Crippen LogP contribution in [-0.4, -0.2) is 16.6 Å². The lowest BCUT2D eigenvalue weighted by atomic mass is 9.76. The van der Waals surface area contributed by atoms with Crippen molar-refractivity contribution in [2.45, 2.75) is 31.3 Å². The molecule has 0 aromatic heterocycles. The molecule has 5 heteroatoms. The van der Waals surface area contributed by atoms with Crippen LogP contribution in [0.2, 0.25) is 0 Å². The molecule has 1 aliphatic carbocycles. The van der Waals surface area contributed by atoms with Gasteiger partial charge in [-0.15, -0.1) is 0 Å². The zero-order valence-electron chi connectivity index (χ0n) is 9.17. The first kappa shape index (κ1) is 12.0. The molecule has 0 unspecified atom stereocenters. The van der Waals surface area contributed by atoms with E-state index in [0.717, 1.165) is 24.6 Å². The highest BCUT2D eigenvalue weighted by Gasteiger charge is 2.43. The van der Waals surface area contributed by atoms with Gasteiger partial charge in [0.15, 0.2) is 0 Å². The van der Waals surface area contributed by atoms with Crippen molar-refractivity contribution in [3.05, 3.63) is 35.4 Å². The van der Waals surface area contributed by atoms with Crippen molar-refractivity contribution in [3.8, 4) is 0 Å². The summed E-state index contributed by atoms with van der Waals surface area (Å²) in [5.41, 5.74) is -0.809. The Hall–Kier alpha value is -1.49. The molecule has 0 bridgehead atoms. The summed E-state index contributed by atoms with van der Waals surface area (Å²) in [6.45, 7) is 0.0237. The maximum absolute atomic E-state index is 13.3. The number of carbonyl (C=O) groups is 1. The molecule has 3 nitrogen and oxygen atoms in total. The Labute approximate surface area is 97.5 Å². The number of carboxylic acid groups (broad SMARTS) is 1. The van der Waals surface area contributed by atoms with Crippen LogP contribution in [-0.2, 0) is 11.3 Å². The third kappa shape index (κ3) is 2.29. The third-order valence-electron chi connectivity index (χ3n) is 3.24. The first-order chi connectivity index (χ1) is 8.03. The molecule has 0 amide bonds. The van der Waals surface area contributed by atoms with Gasteiger partial charge in [-0.05, 0) is 37.5 Å². The van der Waals surface area contributed by atoms with Crippen molar-refractivity contribution in [3.63, 3.8) is 0 Å². The van der Waals surface area contributed by atoms with Crippen LogP contribution in [0.3, 0.4) is 0 Å². The summed E-state index contributed by atoms with van der Waals surface area (Å²) in [6, 6.07) is 3.16. The number of benzene rings is 1. The Morgan fingerprint density at radius 2 is 2.12 bits per heavy atom. The maximum atomic E-state index is 13.3. The van der Waals surface area contributed by atoms with Gasteiger partial charge < -0.3 is 5.11 Å². The minimum atomic E-state index is -0.960. The van der Waals surface area contributed by atoms with E-state index in [2.05, 4.69) is 5.32 Å². The number of nitrogens with one attached hydrogen (secondary N) is 1. The van der Waals surface area contributed by atoms with Gasteiger partial charge in [0.25, 0.3) is 0 Å². The molecule has 1 aromatic carbocycles. The fourth-order valence-electron chi connectivity index (χ4n) is 1.94. The van der Waals surface area contributed by atoms with Crippen LogP contribution in [0.4, 0.5) is 8.78 Å². The Balaban J connectivity index is 2.07. The molecule has 1 aromatic rings. The number of hydrogen-bond donors (Lipinski definition) is 2. The van der Waals surface area contributed by atoms with Crippen LogP contribution in [0.5, 0.6) is 0 Å². The lowest BCUT2D eigenvalue weighted by Crippen LogP contribution is -2.56. The van der Waals surface area contributed by atoms with E-state index >= 15 is 0 Å². The third-order valence-corrected chi connectivity index (χ3v) is 3.24. The summed E-state index contributed by atoms with van der Waals surface area (Å²) in [5.74, 6) is -1.99. The van der Waals surface area contributed by atoms with E-state index in [4.69, 9.17) is 5.11 Å². The van der Waals surface area contributed by atoms with E-state index in [0.29, 0.717) is 12.8 Å². The largest absolute Gasteiger partial charge is 0.480 e. The van der Waals surface area contributed by atoms with E-state index in [9.17, 15) is 13.6 Å². The zero-order valence-corrected chi connectivity index (χ0v) is 9.17. The molecule has 1 fully saturated rings. The number of carboxylic acids is 1. The Kier molecular flexibility index (Phi) is 3.11. The summed E-state index contributed by atoms with van der Waals surface area (Å²) in [4.78, 5) is 11.0. The van der Waals surface area contributed by atoms with Crippen molar-refractivity contribution >= 4 is 5.97 Å². The van der Waals surface area contributed by atoms with Gasteiger partial charge in [0.1, 0.15) is 17.2 Å². The fraction of sp³-hybridized carbons (Fsp3) is 0.417. The van der Waals surface area contributed by atoms with E-state index in [1.165, 1.54) is 0 Å². The molecule has 2 N–H and O–H groups in total. The summed E-state index contributed by atoms with van der Waals surface area (Å²) in [6.07, 6.45) is 1.89. The molecule has 0 saturated heterocycles. The topological polar surface area (TPSA) is 49.3 Å². The summed E-state index contributed by atoms with van der Waals surface area (Å²) >= 11 is 0. The molecule has 1 aliphatic rings. The predicted octanol–water partition coefficient (Wildman–Crippen LogP) is 2.06. The molecule has 17 heavy (non-hydrogen) atoms. The molecule has 0 heterocycles. The minimum Gasteiger partial charge on any atom is -0.480 e. The van der Waals surface area contributed by atoms with Crippen LogP contribution in [0, 0.1) is 11.6 Å². The number of halogens is 2. The van der Waals surface area contributed by atoms with Gasteiger partial charge in [-0.2, -0.15) is 0 Å². The first-order valence-electron chi connectivity index (χ1n) is 5.46. The molecule has 2 rings (SSSR count). The van der Waals surface area contributed by atoms with Crippen LogP contribution < -0.4 is 5.32 Å². The van der Waals surface area contributed by atoms with Crippen molar-refractivity contribution in [1.29, 1.82) is 0 Å². The highest BCUT2D eigenvalue weighted by atomic mass is 19.1. The number of aliphatic carboxylic acids is 1. The van der Waals surface area contributed by atoms with Gasteiger partial charge in [0, 0.05) is 12.1 Å². The van der Waals surface area contributed by atoms with Gasteiger partial charge in [-0.1, -0.05) is 0 Å². The predicted molar refractivity (Wildman–Crippen MR) is 57.4 cm³/mol. The Bertz CT molecular complexity index is 444. The van der Waals surface area contributed by atoms with Gasteiger partial charge in [0.05, 0.1) is 0 Å². The van der Waals surface area contributed by atoms with E-state index in [1.54, 1.807) is 0 Å². The monoisotopic (exact) mass is 241 g/mol. The highest BCUT2D eigenvalue weighted by Crippen LogP contribution is 2.32. The van der Waals surface area contributed by atoms with Crippen LogP contribution in [0.25, 0.3) is 0 Å². The molecule has 0 aliphatic heterocycles. The summed E-state index contributed by atoms with van der Waals surface area (Å²) in [7, 11) is 0. The molecule has 0 spiro atoms. The van der Waals surface area contributed by atoms with Gasteiger partial charge in [-0.25, -0.2) is 8.78 Å². The van der Waals surface area contributed by atoms with Crippen LogP contribution in [0.15, 0.2) is 18.2 Å². The second-order valence-corrected chi connectivity index (χ2v) is 4.33. The average molecular weight is 241 g/mol. The van der Waals surface area contributed by atoms with Gasteiger partial charge >= 0.3 is 5.97 Å². The lowest BCUT2D eigenvalue weighted by Gasteiger charge is -2.38. The van der Waals surface area contributed by atoms with Gasteiger partial charge in [-0.3, -0.25) is 10.1 Å². The van der Waals surface area contributed by atoms with E-state index in [1.807, 2.05) is 0 Å².